The van der Waals surface area contributed by atoms with E-state index in [4.69, 9.17) is 4.74 Å². The lowest BCUT2D eigenvalue weighted by Gasteiger charge is -2.07. The van der Waals surface area contributed by atoms with Gasteiger partial charge in [0.05, 0.1) is 12.4 Å². The molecule has 0 aliphatic carbocycles. The van der Waals surface area contributed by atoms with Crippen molar-refractivity contribution in [3.05, 3.63) is 0 Å². The van der Waals surface area contributed by atoms with Crippen molar-refractivity contribution in [3.8, 4) is 0 Å². The second kappa shape index (κ2) is 4.87. The van der Waals surface area contributed by atoms with Crippen molar-refractivity contribution in [2.45, 2.75) is 25.5 Å². The summed E-state index contributed by atoms with van der Waals surface area (Å²) in [5.74, 6) is 1.22. The van der Waals surface area contributed by atoms with E-state index in [0.29, 0.717) is 23.4 Å². The number of hydrogen-bond acceptors (Lipinski definition) is 3. The van der Waals surface area contributed by atoms with Gasteiger partial charge in [-0.05, 0) is 11.7 Å². The molecule has 0 bridgehead atoms. The largest absolute Gasteiger partial charge is 0.381 e. The predicted octanol–water partition coefficient (Wildman–Crippen LogP) is 1.73. The van der Waals surface area contributed by atoms with E-state index in [1.807, 2.05) is 0 Å². The van der Waals surface area contributed by atoms with Gasteiger partial charge in [-0.15, -0.1) is 0 Å². The lowest BCUT2D eigenvalue weighted by atomic mass is 10.1. The van der Waals surface area contributed by atoms with Crippen LogP contribution in [-0.2, 0) is 9.53 Å². The van der Waals surface area contributed by atoms with Gasteiger partial charge in [-0.1, -0.05) is 13.8 Å². The summed E-state index contributed by atoms with van der Waals surface area (Å²) in [4.78, 5) is 11.4. The topological polar surface area (TPSA) is 26.3 Å². The van der Waals surface area contributed by atoms with Gasteiger partial charge >= 0.3 is 0 Å². The minimum Gasteiger partial charge on any atom is -0.381 e. The van der Waals surface area contributed by atoms with E-state index < -0.39 is 0 Å². The van der Waals surface area contributed by atoms with Crippen molar-refractivity contribution in [1.29, 1.82) is 0 Å². The Morgan fingerprint density at radius 2 is 2.42 bits per heavy atom. The molecule has 2 nitrogen and oxygen atoms in total. The molecule has 0 N–H and O–H groups in total. The molecular weight excluding hydrogens is 172 g/mol. The summed E-state index contributed by atoms with van der Waals surface area (Å²) in [5, 5.41) is 0.552. The maximum absolute atomic E-state index is 11.4. The van der Waals surface area contributed by atoms with E-state index in [9.17, 15) is 4.79 Å². The van der Waals surface area contributed by atoms with Gasteiger partial charge in [-0.3, -0.25) is 4.79 Å². The number of hydrogen-bond donors (Lipinski definition) is 0. The van der Waals surface area contributed by atoms with Gasteiger partial charge in [-0.2, -0.15) is 11.8 Å². The van der Waals surface area contributed by atoms with Crippen molar-refractivity contribution >= 4 is 17.5 Å². The Hall–Kier alpha value is -0.0200. The summed E-state index contributed by atoms with van der Waals surface area (Å²) in [6.07, 6.45) is 0.928. The summed E-state index contributed by atoms with van der Waals surface area (Å²) in [5.41, 5.74) is 0. The lowest BCUT2D eigenvalue weighted by Crippen LogP contribution is -2.17. The van der Waals surface area contributed by atoms with Gasteiger partial charge < -0.3 is 4.74 Å². The molecule has 1 heterocycles. The van der Waals surface area contributed by atoms with Gasteiger partial charge in [0.25, 0.3) is 0 Å². The number of Topliss-reactive ketones (excluding diaryl/α,β-unsaturated/α-hetero) is 1. The lowest BCUT2D eigenvalue weighted by molar-refractivity contribution is -0.120. The molecular formula is C9H16O2S. The van der Waals surface area contributed by atoms with Crippen molar-refractivity contribution in [2.24, 2.45) is 5.92 Å². The number of thioether (sulfide) groups is 1. The van der Waals surface area contributed by atoms with Crippen LogP contribution in [0.4, 0.5) is 0 Å². The Morgan fingerprint density at radius 1 is 1.67 bits per heavy atom. The van der Waals surface area contributed by atoms with Gasteiger partial charge in [0, 0.05) is 12.5 Å². The van der Waals surface area contributed by atoms with Crippen LogP contribution in [0.15, 0.2) is 0 Å². The summed E-state index contributed by atoms with van der Waals surface area (Å²) in [6.45, 7) is 5.65. The maximum atomic E-state index is 11.4. The summed E-state index contributed by atoms with van der Waals surface area (Å²) < 4.78 is 5.15. The first-order valence-electron chi connectivity index (χ1n) is 4.42. The highest BCUT2D eigenvalue weighted by molar-refractivity contribution is 8.00. The van der Waals surface area contributed by atoms with Crippen molar-refractivity contribution < 1.29 is 9.53 Å². The Balaban J connectivity index is 2.18. The van der Waals surface area contributed by atoms with Crippen LogP contribution >= 0.6 is 11.8 Å². The Labute approximate surface area is 78.1 Å². The van der Waals surface area contributed by atoms with Crippen LogP contribution in [0.1, 0.15) is 20.3 Å². The highest BCUT2D eigenvalue weighted by atomic mass is 32.2. The van der Waals surface area contributed by atoms with Crippen LogP contribution in [0.25, 0.3) is 0 Å². The summed E-state index contributed by atoms with van der Waals surface area (Å²) in [7, 11) is 0. The molecule has 1 rings (SSSR count). The third-order valence-electron chi connectivity index (χ3n) is 1.94. The monoisotopic (exact) mass is 188 g/mol. The second-order valence-corrected chi connectivity index (χ2v) is 4.95. The second-order valence-electron chi connectivity index (χ2n) is 3.39. The van der Waals surface area contributed by atoms with E-state index in [2.05, 4.69) is 13.8 Å². The maximum Gasteiger partial charge on any atom is 0.148 e. The molecule has 1 saturated heterocycles. The molecule has 0 radical (unpaired) electrons. The van der Waals surface area contributed by atoms with E-state index in [-0.39, 0.29) is 5.92 Å². The van der Waals surface area contributed by atoms with Crippen molar-refractivity contribution in [2.75, 3.05) is 19.0 Å². The number of ketones is 1. The molecule has 12 heavy (non-hydrogen) atoms. The molecule has 0 aromatic rings. The van der Waals surface area contributed by atoms with Crippen LogP contribution in [0, 0.1) is 5.92 Å². The minimum atomic E-state index is 0.191. The average molecular weight is 188 g/mol. The minimum absolute atomic E-state index is 0.191. The molecule has 0 spiro atoms. The van der Waals surface area contributed by atoms with Crippen molar-refractivity contribution in [1.82, 2.24) is 0 Å². The highest BCUT2D eigenvalue weighted by Crippen LogP contribution is 2.17. The Bertz CT molecular complexity index is 151. The zero-order chi connectivity index (χ0) is 8.97. The molecule has 0 amide bonds. The molecule has 1 unspecified atom stereocenters. The van der Waals surface area contributed by atoms with Gasteiger partial charge in [-0.25, -0.2) is 0 Å². The molecule has 1 fully saturated rings. The molecule has 3 heteroatoms. The zero-order valence-electron chi connectivity index (χ0n) is 7.71. The first-order valence-corrected chi connectivity index (χ1v) is 5.47. The average Bonchev–Trinajstić information content (AvgIpc) is 2.51. The van der Waals surface area contributed by atoms with E-state index >= 15 is 0 Å². The quantitative estimate of drug-likeness (QED) is 0.672. The standard InChI is InChI=1S/C9H16O2S/c1-7(2)12-6-9(10)8-3-4-11-5-8/h7-8H,3-6H2,1-2H3. The molecule has 1 aliphatic rings. The van der Waals surface area contributed by atoms with Gasteiger partial charge in [0.15, 0.2) is 0 Å². The summed E-state index contributed by atoms with van der Waals surface area (Å²) in [6, 6.07) is 0. The first-order chi connectivity index (χ1) is 5.70. The van der Waals surface area contributed by atoms with Crippen molar-refractivity contribution in [3.63, 3.8) is 0 Å². The van der Waals surface area contributed by atoms with Crippen LogP contribution in [0.2, 0.25) is 0 Å². The molecule has 70 valence electrons. The van der Waals surface area contributed by atoms with E-state index in [1.165, 1.54) is 0 Å². The van der Waals surface area contributed by atoms with Crippen LogP contribution < -0.4 is 0 Å². The number of carbonyl (C=O) groups excluding carboxylic acids is 1. The van der Waals surface area contributed by atoms with E-state index in [0.717, 1.165) is 13.0 Å². The normalized spacial score (nSPS) is 23.4. The third-order valence-corrected chi connectivity index (χ3v) is 3.06. The fourth-order valence-electron chi connectivity index (χ4n) is 1.16. The zero-order valence-corrected chi connectivity index (χ0v) is 8.52. The molecule has 1 aliphatic heterocycles. The number of ether oxygens (including phenoxy) is 1. The van der Waals surface area contributed by atoms with E-state index in [1.54, 1.807) is 11.8 Å². The number of carbonyl (C=O) groups is 1. The third kappa shape index (κ3) is 3.15. The van der Waals surface area contributed by atoms with Crippen LogP contribution in [-0.4, -0.2) is 30.0 Å². The predicted molar refractivity (Wildman–Crippen MR) is 51.5 cm³/mol. The van der Waals surface area contributed by atoms with Crippen LogP contribution in [0.5, 0.6) is 0 Å². The Kier molecular flexibility index (Phi) is 4.09. The number of rotatable bonds is 4. The van der Waals surface area contributed by atoms with Gasteiger partial charge in [0.2, 0.25) is 0 Å². The smallest absolute Gasteiger partial charge is 0.148 e. The fraction of sp³-hybridized carbons (Fsp3) is 0.889. The summed E-state index contributed by atoms with van der Waals surface area (Å²) >= 11 is 1.72. The fourth-order valence-corrected chi connectivity index (χ4v) is 1.89. The van der Waals surface area contributed by atoms with Gasteiger partial charge in [0.1, 0.15) is 5.78 Å². The highest BCUT2D eigenvalue weighted by Gasteiger charge is 2.22. The molecule has 0 saturated carbocycles. The van der Waals surface area contributed by atoms with Crippen LogP contribution in [0.3, 0.4) is 0 Å². The first kappa shape index (κ1) is 10.1. The SMILES string of the molecule is CC(C)SCC(=O)C1CCOC1. The molecule has 0 aromatic heterocycles. The Morgan fingerprint density at radius 3 is 2.92 bits per heavy atom. The molecule has 1 atom stereocenters. The molecule has 0 aromatic carbocycles.